The second kappa shape index (κ2) is 8.31. The molecule has 1 aliphatic rings. The van der Waals surface area contributed by atoms with Gasteiger partial charge in [-0.3, -0.25) is 0 Å². The summed E-state index contributed by atoms with van der Waals surface area (Å²) in [5.41, 5.74) is 2.22. The third-order valence-corrected chi connectivity index (χ3v) is 4.92. The zero-order valence-corrected chi connectivity index (χ0v) is 16.0. The summed E-state index contributed by atoms with van der Waals surface area (Å²) < 4.78 is 41.2. The molecule has 0 spiro atoms. The summed E-state index contributed by atoms with van der Waals surface area (Å²) >= 11 is 0. The van der Waals surface area contributed by atoms with Crippen molar-refractivity contribution >= 4 is 5.82 Å². The largest absolute Gasteiger partial charge is 0.573 e. The summed E-state index contributed by atoms with van der Waals surface area (Å²) in [7, 11) is 0. The fraction of sp³-hybridized carbons (Fsp3) is 0.273. The predicted octanol–water partition coefficient (Wildman–Crippen LogP) is 4.67. The fourth-order valence-corrected chi connectivity index (χ4v) is 3.38. The summed E-state index contributed by atoms with van der Waals surface area (Å²) in [6, 6.07) is 17.0. The number of nitrogens with zero attached hydrogens (tertiary/aromatic N) is 3. The number of rotatable bonds is 4. The molecule has 0 aliphatic carbocycles. The molecular formula is C22H20F3N3O2. The molecule has 0 atom stereocenters. The highest BCUT2D eigenvalue weighted by molar-refractivity contribution is 5.68. The zero-order chi connectivity index (χ0) is 21.1. The van der Waals surface area contributed by atoms with Crippen molar-refractivity contribution in [2.45, 2.75) is 25.3 Å². The molecule has 156 valence electrons. The van der Waals surface area contributed by atoms with Crippen molar-refractivity contribution in [1.29, 1.82) is 0 Å². The van der Waals surface area contributed by atoms with Crippen molar-refractivity contribution in [1.82, 2.24) is 9.97 Å². The molecule has 1 fully saturated rings. The molecule has 3 aromatic rings. The molecule has 0 bridgehead atoms. The van der Waals surface area contributed by atoms with Gasteiger partial charge in [-0.05, 0) is 37.1 Å². The van der Waals surface area contributed by atoms with E-state index in [4.69, 9.17) is 0 Å². The Kier molecular flexibility index (Phi) is 5.59. The van der Waals surface area contributed by atoms with Crippen LogP contribution in [0.4, 0.5) is 19.0 Å². The Labute approximate surface area is 171 Å². The van der Waals surface area contributed by atoms with Gasteiger partial charge in [-0.1, -0.05) is 30.3 Å². The quantitative estimate of drug-likeness (QED) is 0.671. The number of benzene rings is 2. The van der Waals surface area contributed by atoms with Gasteiger partial charge >= 0.3 is 6.36 Å². The molecule has 0 amide bonds. The van der Waals surface area contributed by atoms with Gasteiger partial charge in [-0.25, -0.2) is 9.97 Å². The van der Waals surface area contributed by atoms with Crippen molar-refractivity contribution in [3.8, 4) is 28.4 Å². The van der Waals surface area contributed by atoms with Crippen molar-refractivity contribution in [2.24, 2.45) is 0 Å². The number of hydrogen-bond donors (Lipinski definition) is 1. The maximum atomic E-state index is 12.4. The van der Waals surface area contributed by atoms with E-state index in [0.717, 1.165) is 17.1 Å². The molecular weight excluding hydrogens is 395 g/mol. The Morgan fingerprint density at radius 2 is 1.57 bits per heavy atom. The third kappa shape index (κ3) is 4.88. The van der Waals surface area contributed by atoms with Gasteiger partial charge in [0.2, 0.25) is 0 Å². The van der Waals surface area contributed by atoms with Crippen LogP contribution in [0.5, 0.6) is 5.75 Å². The first-order valence-corrected chi connectivity index (χ1v) is 9.61. The Morgan fingerprint density at radius 1 is 0.900 bits per heavy atom. The zero-order valence-electron chi connectivity index (χ0n) is 16.0. The highest BCUT2D eigenvalue weighted by Gasteiger charge is 2.31. The molecule has 0 unspecified atom stereocenters. The van der Waals surface area contributed by atoms with E-state index >= 15 is 0 Å². The van der Waals surface area contributed by atoms with E-state index in [9.17, 15) is 18.3 Å². The van der Waals surface area contributed by atoms with Crippen molar-refractivity contribution < 1.29 is 23.0 Å². The maximum Gasteiger partial charge on any atom is 0.573 e. The number of halogens is 3. The lowest BCUT2D eigenvalue weighted by Crippen LogP contribution is -2.36. The van der Waals surface area contributed by atoms with Gasteiger partial charge in [0.05, 0.1) is 11.8 Å². The van der Waals surface area contributed by atoms with Gasteiger partial charge in [0.1, 0.15) is 11.6 Å². The van der Waals surface area contributed by atoms with Gasteiger partial charge in [0, 0.05) is 30.3 Å². The van der Waals surface area contributed by atoms with E-state index in [0.29, 0.717) is 37.3 Å². The molecule has 1 saturated heterocycles. The van der Waals surface area contributed by atoms with Crippen LogP contribution in [0.25, 0.3) is 22.6 Å². The van der Waals surface area contributed by atoms with Crippen LogP contribution >= 0.6 is 0 Å². The van der Waals surface area contributed by atoms with Crippen LogP contribution in [-0.2, 0) is 0 Å². The van der Waals surface area contributed by atoms with Crippen LogP contribution in [0, 0.1) is 0 Å². The predicted molar refractivity (Wildman–Crippen MR) is 107 cm³/mol. The Hall–Kier alpha value is -3.13. The van der Waals surface area contributed by atoms with Gasteiger partial charge in [0.15, 0.2) is 5.82 Å². The Balaban J connectivity index is 1.70. The number of anilines is 1. The molecule has 1 aromatic heterocycles. The van der Waals surface area contributed by atoms with Crippen LogP contribution < -0.4 is 9.64 Å². The van der Waals surface area contributed by atoms with Gasteiger partial charge < -0.3 is 14.7 Å². The Bertz CT molecular complexity index is 987. The molecule has 2 aromatic carbocycles. The highest BCUT2D eigenvalue weighted by atomic mass is 19.4. The topological polar surface area (TPSA) is 58.5 Å². The molecule has 2 heterocycles. The lowest BCUT2D eigenvalue weighted by atomic mass is 10.1. The summed E-state index contributed by atoms with van der Waals surface area (Å²) in [5.74, 6) is 0.841. The standard InChI is InChI=1S/C22H20F3N3O2/c23-22(24,25)30-18-8-6-16(7-9-18)21-26-19(15-4-2-1-3-5-15)14-20(27-21)28-12-10-17(29)11-13-28/h1-9,14,17,29H,10-13H2. The van der Waals surface area contributed by atoms with Gasteiger partial charge in [0.25, 0.3) is 0 Å². The Morgan fingerprint density at radius 3 is 2.20 bits per heavy atom. The molecule has 8 heteroatoms. The third-order valence-electron chi connectivity index (χ3n) is 4.92. The number of hydrogen-bond acceptors (Lipinski definition) is 5. The average Bonchev–Trinajstić information content (AvgIpc) is 2.74. The number of alkyl halides is 3. The minimum absolute atomic E-state index is 0.296. The molecule has 0 saturated carbocycles. The molecule has 1 N–H and O–H groups in total. The van der Waals surface area contributed by atoms with Crippen LogP contribution in [0.15, 0.2) is 60.7 Å². The molecule has 1 aliphatic heterocycles. The minimum Gasteiger partial charge on any atom is -0.406 e. The van der Waals surface area contributed by atoms with Gasteiger partial charge in [-0.2, -0.15) is 0 Å². The molecule has 5 nitrogen and oxygen atoms in total. The summed E-state index contributed by atoms with van der Waals surface area (Å²) in [6.07, 6.45) is -3.73. The second-order valence-electron chi connectivity index (χ2n) is 7.09. The number of ether oxygens (including phenoxy) is 1. The van der Waals surface area contributed by atoms with E-state index in [2.05, 4.69) is 19.6 Å². The van der Waals surface area contributed by atoms with E-state index < -0.39 is 6.36 Å². The average molecular weight is 415 g/mol. The first-order valence-electron chi connectivity index (χ1n) is 9.61. The number of aliphatic hydroxyl groups excluding tert-OH is 1. The smallest absolute Gasteiger partial charge is 0.406 e. The van der Waals surface area contributed by atoms with Crippen LogP contribution in [0.2, 0.25) is 0 Å². The summed E-state index contributed by atoms with van der Waals surface area (Å²) in [4.78, 5) is 11.4. The lowest BCUT2D eigenvalue weighted by Gasteiger charge is -2.31. The first kappa shape index (κ1) is 20.2. The second-order valence-corrected chi connectivity index (χ2v) is 7.09. The van der Waals surface area contributed by atoms with Crippen LogP contribution in [0.3, 0.4) is 0 Å². The summed E-state index contributed by atoms with van der Waals surface area (Å²) in [5, 5.41) is 9.79. The van der Waals surface area contributed by atoms with E-state index in [1.807, 2.05) is 36.4 Å². The van der Waals surface area contributed by atoms with Gasteiger partial charge in [-0.15, -0.1) is 13.2 Å². The summed E-state index contributed by atoms with van der Waals surface area (Å²) in [6.45, 7) is 1.34. The van der Waals surface area contributed by atoms with E-state index in [-0.39, 0.29) is 11.9 Å². The monoisotopic (exact) mass is 415 g/mol. The first-order chi connectivity index (χ1) is 14.4. The van der Waals surface area contributed by atoms with Crippen molar-refractivity contribution in [2.75, 3.05) is 18.0 Å². The lowest BCUT2D eigenvalue weighted by molar-refractivity contribution is -0.274. The SMILES string of the molecule is OC1CCN(c2cc(-c3ccccc3)nc(-c3ccc(OC(F)(F)F)cc3)n2)CC1. The van der Waals surface area contributed by atoms with E-state index in [1.165, 1.54) is 24.3 Å². The number of piperidine rings is 1. The highest BCUT2D eigenvalue weighted by Crippen LogP contribution is 2.29. The molecule has 0 radical (unpaired) electrons. The fourth-order valence-electron chi connectivity index (χ4n) is 3.38. The number of aromatic nitrogens is 2. The molecule has 4 rings (SSSR count). The van der Waals surface area contributed by atoms with Crippen LogP contribution in [0.1, 0.15) is 12.8 Å². The van der Waals surface area contributed by atoms with Crippen LogP contribution in [-0.4, -0.2) is 40.6 Å². The number of aliphatic hydroxyl groups is 1. The van der Waals surface area contributed by atoms with Crippen molar-refractivity contribution in [3.05, 3.63) is 60.7 Å². The minimum atomic E-state index is -4.74. The van der Waals surface area contributed by atoms with E-state index in [1.54, 1.807) is 0 Å². The molecule has 30 heavy (non-hydrogen) atoms. The van der Waals surface area contributed by atoms with Crippen molar-refractivity contribution in [3.63, 3.8) is 0 Å². The maximum absolute atomic E-state index is 12.4. The normalized spacial score (nSPS) is 15.3.